The van der Waals surface area contributed by atoms with Gasteiger partial charge in [0.2, 0.25) is 0 Å². The van der Waals surface area contributed by atoms with Gasteiger partial charge in [-0.3, -0.25) is 0 Å². The first-order valence-electron chi connectivity index (χ1n) is 5.79. The number of hydrogen-bond acceptors (Lipinski definition) is 3. The second-order valence-electron chi connectivity index (χ2n) is 4.10. The van der Waals surface area contributed by atoms with Crippen LogP contribution in [0, 0.1) is 11.7 Å². The SMILES string of the molecule is OCC(COc1cccc(F)c1)Cc1cccs1. The Labute approximate surface area is 110 Å². The molecular formula is C14H15FO2S. The minimum atomic E-state index is -0.314. The molecule has 0 aliphatic heterocycles. The first-order chi connectivity index (χ1) is 8.78. The summed E-state index contributed by atoms with van der Waals surface area (Å²) in [6.07, 6.45) is 0.781. The fourth-order valence-corrected chi connectivity index (χ4v) is 2.48. The number of thiophene rings is 1. The average molecular weight is 266 g/mol. The van der Waals surface area contributed by atoms with Crippen molar-refractivity contribution in [1.82, 2.24) is 0 Å². The third-order valence-corrected chi connectivity index (χ3v) is 3.51. The van der Waals surface area contributed by atoms with Crippen LogP contribution in [0.1, 0.15) is 4.88 Å². The molecule has 0 fully saturated rings. The number of aliphatic hydroxyl groups is 1. The van der Waals surface area contributed by atoms with Crippen LogP contribution in [0.2, 0.25) is 0 Å². The molecule has 0 saturated heterocycles. The molecule has 0 saturated carbocycles. The van der Waals surface area contributed by atoms with E-state index in [1.807, 2.05) is 17.5 Å². The minimum absolute atomic E-state index is 0.0342. The standard InChI is InChI=1S/C14H15FO2S/c15-12-3-1-4-13(8-12)17-10-11(9-16)7-14-5-2-6-18-14/h1-6,8,11,16H,7,9-10H2. The maximum atomic E-state index is 13.0. The van der Waals surface area contributed by atoms with Crippen molar-refractivity contribution in [2.75, 3.05) is 13.2 Å². The lowest BCUT2D eigenvalue weighted by Gasteiger charge is -2.14. The lowest BCUT2D eigenvalue weighted by molar-refractivity contribution is 0.163. The van der Waals surface area contributed by atoms with Gasteiger partial charge < -0.3 is 9.84 Å². The molecule has 96 valence electrons. The predicted octanol–water partition coefficient (Wildman–Crippen LogP) is 3.12. The van der Waals surface area contributed by atoms with E-state index >= 15 is 0 Å². The second kappa shape index (κ2) is 6.52. The topological polar surface area (TPSA) is 29.5 Å². The summed E-state index contributed by atoms with van der Waals surface area (Å²) in [6.45, 7) is 0.449. The molecule has 4 heteroatoms. The van der Waals surface area contributed by atoms with Crippen LogP contribution in [0.4, 0.5) is 4.39 Å². The Morgan fingerprint density at radius 3 is 2.83 bits per heavy atom. The van der Waals surface area contributed by atoms with E-state index in [1.165, 1.54) is 17.0 Å². The van der Waals surface area contributed by atoms with E-state index in [-0.39, 0.29) is 18.3 Å². The van der Waals surface area contributed by atoms with Crippen LogP contribution in [0.15, 0.2) is 41.8 Å². The summed E-state index contributed by atoms with van der Waals surface area (Å²) in [5.41, 5.74) is 0. The van der Waals surface area contributed by atoms with Gasteiger partial charge in [0.15, 0.2) is 0 Å². The monoisotopic (exact) mass is 266 g/mol. The molecule has 1 atom stereocenters. The number of ether oxygens (including phenoxy) is 1. The number of halogens is 1. The second-order valence-corrected chi connectivity index (χ2v) is 5.13. The van der Waals surface area contributed by atoms with Gasteiger partial charge in [-0.2, -0.15) is 0 Å². The Balaban J connectivity index is 1.87. The normalized spacial score (nSPS) is 12.3. The molecular weight excluding hydrogens is 251 g/mol. The zero-order valence-corrected chi connectivity index (χ0v) is 10.7. The summed E-state index contributed by atoms with van der Waals surface area (Å²) >= 11 is 1.66. The molecule has 2 rings (SSSR count). The van der Waals surface area contributed by atoms with E-state index in [2.05, 4.69) is 0 Å². The Morgan fingerprint density at radius 1 is 1.28 bits per heavy atom. The predicted molar refractivity (Wildman–Crippen MR) is 70.5 cm³/mol. The number of aliphatic hydroxyl groups excluding tert-OH is 1. The highest BCUT2D eigenvalue weighted by Gasteiger charge is 2.10. The van der Waals surface area contributed by atoms with E-state index in [9.17, 15) is 9.50 Å². The first kappa shape index (κ1) is 13.1. The summed E-state index contributed by atoms with van der Waals surface area (Å²) in [5.74, 6) is 0.220. The Bertz CT molecular complexity index is 470. The third-order valence-electron chi connectivity index (χ3n) is 2.61. The van der Waals surface area contributed by atoms with Gasteiger partial charge in [0.1, 0.15) is 11.6 Å². The average Bonchev–Trinajstić information content (AvgIpc) is 2.87. The van der Waals surface area contributed by atoms with E-state index < -0.39 is 0 Å². The van der Waals surface area contributed by atoms with Crippen LogP contribution in [-0.4, -0.2) is 18.3 Å². The maximum absolute atomic E-state index is 13.0. The van der Waals surface area contributed by atoms with Gasteiger partial charge in [-0.15, -0.1) is 11.3 Å². The van der Waals surface area contributed by atoms with E-state index in [0.29, 0.717) is 12.4 Å². The number of benzene rings is 1. The molecule has 2 nitrogen and oxygen atoms in total. The Hall–Kier alpha value is -1.39. The van der Waals surface area contributed by atoms with Crippen molar-refractivity contribution in [3.05, 3.63) is 52.5 Å². The highest BCUT2D eigenvalue weighted by molar-refractivity contribution is 7.09. The fourth-order valence-electron chi connectivity index (χ4n) is 1.66. The molecule has 1 N–H and O–H groups in total. The summed E-state index contributed by atoms with van der Waals surface area (Å²) in [4.78, 5) is 1.22. The van der Waals surface area contributed by atoms with E-state index in [1.54, 1.807) is 23.5 Å². The maximum Gasteiger partial charge on any atom is 0.126 e. The van der Waals surface area contributed by atoms with Crippen LogP contribution in [0.25, 0.3) is 0 Å². The lowest BCUT2D eigenvalue weighted by Crippen LogP contribution is -2.18. The minimum Gasteiger partial charge on any atom is -0.493 e. The van der Waals surface area contributed by atoms with Crippen LogP contribution in [0.3, 0.4) is 0 Å². The zero-order valence-electron chi connectivity index (χ0n) is 9.88. The Kier molecular flexibility index (Phi) is 4.73. The summed E-state index contributed by atoms with van der Waals surface area (Å²) in [7, 11) is 0. The van der Waals surface area contributed by atoms with Gasteiger partial charge in [0.25, 0.3) is 0 Å². The van der Waals surface area contributed by atoms with Crippen LogP contribution in [0.5, 0.6) is 5.75 Å². The van der Waals surface area contributed by atoms with Crippen molar-refractivity contribution in [2.24, 2.45) is 5.92 Å². The van der Waals surface area contributed by atoms with Gasteiger partial charge in [-0.05, 0) is 30.0 Å². The third kappa shape index (κ3) is 3.82. The molecule has 1 heterocycles. The quantitative estimate of drug-likeness (QED) is 0.870. The van der Waals surface area contributed by atoms with Crippen LogP contribution >= 0.6 is 11.3 Å². The molecule has 0 aliphatic rings. The molecule has 1 aromatic carbocycles. The van der Waals surface area contributed by atoms with Crippen LogP contribution in [-0.2, 0) is 6.42 Å². The highest BCUT2D eigenvalue weighted by Crippen LogP contribution is 2.17. The van der Waals surface area contributed by atoms with Crippen molar-refractivity contribution in [1.29, 1.82) is 0 Å². The van der Waals surface area contributed by atoms with Gasteiger partial charge in [0.05, 0.1) is 6.61 Å². The van der Waals surface area contributed by atoms with Crippen molar-refractivity contribution in [3.8, 4) is 5.75 Å². The number of rotatable bonds is 6. The molecule has 18 heavy (non-hydrogen) atoms. The summed E-state index contributed by atoms with van der Waals surface area (Å²) < 4.78 is 18.4. The fraction of sp³-hybridized carbons (Fsp3) is 0.286. The zero-order chi connectivity index (χ0) is 12.8. The molecule has 0 radical (unpaired) electrons. The van der Waals surface area contributed by atoms with Gasteiger partial charge in [-0.1, -0.05) is 12.1 Å². The van der Waals surface area contributed by atoms with Crippen molar-refractivity contribution < 1.29 is 14.2 Å². The largest absolute Gasteiger partial charge is 0.493 e. The first-order valence-corrected chi connectivity index (χ1v) is 6.67. The van der Waals surface area contributed by atoms with Gasteiger partial charge >= 0.3 is 0 Å². The molecule has 0 spiro atoms. The van der Waals surface area contributed by atoms with Crippen molar-refractivity contribution >= 4 is 11.3 Å². The summed E-state index contributed by atoms with van der Waals surface area (Å²) in [6, 6.07) is 10.1. The molecule has 1 unspecified atom stereocenters. The van der Waals surface area contributed by atoms with Crippen LogP contribution < -0.4 is 4.74 Å². The molecule has 0 aliphatic carbocycles. The lowest BCUT2D eigenvalue weighted by atomic mass is 10.1. The molecule has 1 aromatic heterocycles. The van der Waals surface area contributed by atoms with Crippen molar-refractivity contribution in [2.45, 2.75) is 6.42 Å². The smallest absolute Gasteiger partial charge is 0.126 e. The van der Waals surface area contributed by atoms with E-state index in [4.69, 9.17) is 4.74 Å². The van der Waals surface area contributed by atoms with Crippen molar-refractivity contribution in [3.63, 3.8) is 0 Å². The molecule has 0 amide bonds. The van der Waals surface area contributed by atoms with Gasteiger partial charge in [-0.25, -0.2) is 4.39 Å². The Morgan fingerprint density at radius 2 is 2.17 bits per heavy atom. The summed E-state index contributed by atoms with van der Waals surface area (Å²) in [5, 5.41) is 11.3. The number of hydrogen-bond donors (Lipinski definition) is 1. The molecule has 0 bridgehead atoms. The van der Waals surface area contributed by atoms with E-state index in [0.717, 1.165) is 6.42 Å². The molecule has 2 aromatic rings. The van der Waals surface area contributed by atoms with Gasteiger partial charge in [0, 0.05) is 23.5 Å². The highest BCUT2D eigenvalue weighted by atomic mass is 32.1.